The molecule has 2 aromatic rings. The zero-order valence-corrected chi connectivity index (χ0v) is 12.4. The summed E-state index contributed by atoms with van der Waals surface area (Å²) in [5.74, 6) is 3.25. The molecule has 3 rings (SSSR count). The van der Waals surface area contributed by atoms with Crippen LogP contribution in [0.25, 0.3) is 0 Å². The fourth-order valence-corrected chi connectivity index (χ4v) is 4.18. The average Bonchev–Trinajstić information content (AvgIpc) is 2.85. The molecular formula is C13H11FN2S3. The Labute approximate surface area is 124 Å². The van der Waals surface area contributed by atoms with E-state index in [1.54, 1.807) is 17.8 Å². The summed E-state index contributed by atoms with van der Waals surface area (Å²) in [7, 11) is 0. The molecule has 0 unspecified atom stereocenters. The van der Waals surface area contributed by atoms with Gasteiger partial charge in [0.1, 0.15) is 16.3 Å². The van der Waals surface area contributed by atoms with Crippen molar-refractivity contribution in [3.63, 3.8) is 0 Å². The molecule has 0 aliphatic carbocycles. The molecule has 1 aliphatic heterocycles. The van der Waals surface area contributed by atoms with Crippen LogP contribution in [-0.4, -0.2) is 9.97 Å². The number of thioether (sulfide) groups is 2. The number of fused-ring (bicyclic) bond motifs is 1. The van der Waals surface area contributed by atoms with Crippen molar-refractivity contribution in [1.29, 1.82) is 0 Å². The monoisotopic (exact) mass is 310 g/mol. The molecule has 0 bridgehead atoms. The van der Waals surface area contributed by atoms with E-state index in [1.807, 2.05) is 17.8 Å². The average molecular weight is 310 g/mol. The second kappa shape index (κ2) is 5.64. The van der Waals surface area contributed by atoms with Gasteiger partial charge in [-0.1, -0.05) is 18.3 Å². The van der Waals surface area contributed by atoms with Gasteiger partial charge in [0.05, 0.1) is 5.75 Å². The van der Waals surface area contributed by atoms with Gasteiger partial charge in [-0.15, -0.1) is 11.8 Å². The second-order valence-electron chi connectivity index (χ2n) is 4.18. The largest absolute Gasteiger partial charge is 0.345 e. The Morgan fingerprint density at radius 1 is 1.42 bits per heavy atom. The molecule has 1 aliphatic rings. The quantitative estimate of drug-likeness (QED) is 0.675. The molecule has 0 atom stereocenters. The van der Waals surface area contributed by atoms with Gasteiger partial charge in [-0.25, -0.2) is 9.37 Å². The molecule has 1 aromatic carbocycles. The van der Waals surface area contributed by atoms with E-state index < -0.39 is 0 Å². The molecule has 1 aromatic heterocycles. The Hall–Kier alpha value is -0.850. The predicted octanol–water partition coefficient (Wildman–Crippen LogP) is 4.32. The Morgan fingerprint density at radius 2 is 2.32 bits per heavy atom. The third-order valence-electron chi connectivity index (χ3n) is 2.82. The minimum Gasteiger partial charge on any atom is -0.345 e. The lowest BCUT2D eigenvalue weighted by Gasteiger charge is -2.05. The SMILES string of the molecule is Fc1cccc(SCc2nc(=S)c3c([nH]2)CSC3)c1. The lowest BCUT2D eigenvalue weighted by atomic mass is 10.3. The van der Waals surface area contributed by atoms with Crippen LogP contribution in [0, 0.1) is 10.5 Å². The van der Waals surface area contributed by atoms with Crippen molar-refractivity contribution in [1.82, 2.24) is 9.97 Å². The van der Waals surface area contributed by atoms with Crippen LogP contribution in [0.4, 0.5) is 4.39 Å². The lowest BCUT2D eigenvalue weighted by molar-refractivity contribution is 0.624. The minimum absolute atomic E-state index is 0.212. The van der Waals surface area contributed by atoms with Crippen molar-refractivity contribution in [2.75, 3.05) is 0 Å². The summed E-state index contributed by atoms with van der Waals surface area (Å²) in [5.41, 5.74) is 2.36. The van der Waals surface area contributed by atoms with Gasteiger partial charge in [0.25, 0.3) is 0 Å². The van der Waals surface area contributed by atoms with Gasteiger partial charge in [-0.2, -0.15) is 11.8 Å². The van der Waals surface area contributed by atoms with Crippen molar-refractivity contribution >= 4 is 35.7 Å². The summed E-state index contributed by atoms with van der Waals surface area (Å²) < 4.78 is 13.8. The number of nitrogens with one attached hydrogen (secondary N) is 1. The van der Waals surface area contributed by atoms with Crippen LogP contribution in [0.1, 0.15) is 17.1 Å². The van der Waals surface area contributed by atoms with Crippen LogP contribution in [0.5, 0.6) is 0 Å². The van der Waals surface area contributed by atoms with Gasteiger partial charge in [0.2, 0.25) is 0 Å². The number of nitrogens with zero attached hydrogens (tertiary/aromatic N) is 1. The highest BCUT2D eigenvalue weighted by atomic mass is 32.2. The van der Waals surface area contributed by atoms with Crippen molar-refractivity contribution in [3.8, 4) is 0 Å². The first kappa shape index (κ1) is 13.1. The van der Waals surface area contributed by atoms with Crippen molar-refractivity contribution in [3.05, 3.63) is 51.8 Å². The van der Waals surface area contributed by atoms with Crippen LogP contribution in [0.2, 0.25) is 0 Å². The third-order valence-corrected chi connectivity index (χ3v) is 5.15. The molecule has 6 heteroatoms. The topological polar surface area (TPSA) is 28.7 Å². The smallest absolute Gasteiger partial charge is 0.134 e. The zero-order chi connectivity index (χ0) is 13.2. The number of hydrogen-bond acceptors (Lipinski definition) is 4. The van der Waals surface area contributed by atoms with E-state index in [0.717, 1.165) is 22.2 Å². The normalized spacial score (nSPS) is 13.5. The Bertz CT molecular complexity index is 669. The van der Waals surface area contributed by atoms with Gasteiger partial charge in [-0.05, 0) is 18.2 Å². The number of hydrogen-bond donors (Lipinski definition) is 1. The predicted molar refractivity (Wildman–Crippen MR) is 80.4 cm³/mol. The van der Waals surface area contributed by atoms with E-state index in [9.17, 15) is 4.39 Å². The van der Waals surface area contributed by atoms with Crippen molar-refractivity contribution in [2.24, 2.45) is 0 Å². The molecule has 0 fully saturated rings. The van der Waals surface area contributed by atoms with E-state index in [2.05, 4.69) is 9.97 Å². The first-order valence-electron chi connectivity index (χ1n) is 5.79. The van der Waals surface area contributed by atoms with E-state index in [0.29, 0.717) is 10.4 Å². The van der Waals surface area contributed by atoms with Gasteiger partial charge >= 0.3 is 0 Å². The molecule has 0 saturated heterocycles. The van der Waals surface area contributed by atoms with Crippen LogP contribution in [-0.2, 0) is 17.3 Å². The molecule has 0 amide bonds. The molecule has 0 radical (unpaired) electrons. The summed E-state index contributed by atoms with van der Waals surface area (Å²) in [4.78, 5) is 8.65. The summed E-state index contributed by atoms with van der Waals surface area (Å²) in [5, 5.41) is 0. The van der Waals surface area contributed by atoms with Crippen LogP contribution < -0.4 is 0 Å². The van der Waals surface area contributed by atoms with E-state index >= 15 is 0 Å². The molecular weight excluding hydrogens is 299 g/mol. The number of aromatic nitrogens is 2. The Balaban J connectivity index is 1.77. The summed E-state index contributed by atoms with van der Waals surface area (Å²) in [6.45, 7) is 0. The highest BCUT2D eigenvalue weighted by Gasteiger charge is 2.15. The lowest BCUT2D eigenvalue weighted by Crippen LogP contribution is -1.99. The van der Waals surface area contributed by atoms with Crippen molar-refractivity contribution in [2.45, 2.75) is 22.2 Å². The molecule has 1 N–H and O–H groups in total. The maximum Gasteiger partial charge on any atom is 0.134 e. The van der Waals surface area contributed by atoms with Crippen molar-refractivity contribution < 1.29 is 4.39 Å². The van der Waals surface area contributed by atoms with Crippen LogP contribution in [0.15, 0.2) is 29.2 Å². The Kier molecular flexibility index (Phi) is 3.91. The van der Waals surface area contributed by atoms with E-state index in [1.165, 1.54) is 23.4 Å². The first-order chi connectivity index (χ1) is 9.22. The second-order valence-corrected chi connectivity index (χ2v) is 6.61. The number of benzene rings is 1. The summed E-state index contributed by atoms with van der Waals surface area (Å²) in [6, 6.07) is 6.59. The van der Waals surface area contributed by atoms with Crippen LogP contribution in [0.3, 0.4) is 0 Å². The van der Waals surface area contributed by atoms with E-state index in [4.69, 9.17) is 12.2 Å². The molecule has 2 heterocycles. The molecule has 0 spiro atoms. The molecule has 0 saturated carbocycles. The minimum atomic E-state index is -0.212. The molecule has 19 heavy (non-hydrogen) atoms. The summed E-state index contributed by atoms with van der Waals surface area (Å²) >= 11 is 8.71. The number of aromatic amines is 1. The first-order valence-corrected chi connectivity index (χ1v) is 8.34. The maximum atomic E-state index is 13.1. The fourth-order valence-electron chi connectivity index (χ4n) is 1.90. The number of H-pyrrole nitrogens is 1. The molecule has 98 valence electrons. The highest BCUT2D eigenvalue weighted by Crippen LogP contribution is 2.29. The zero-order valence-electron chi connectivity index (χ0n) is 9.98. The van der Waals surface area contributed by atoms with Crippen LogP contribution >= 0.6 is 35.7 Å². The van der Waals surface area contributed by atoms with Gasteiger partial charge in [0, 0.05) is 27.7 Å². The molecule has 2 nitrogen and oxygen atoms in total. The van der Waals surface area contributed by atoms with Gasteiger partial charge in [0.15, 0.2) is 0 Å². The number of halogens is 1. The number of rotatable bonds is 3. The fraction of sp³-hybridized carbons (Fsp3) is 0.231. The van der Waals surface area contributed by atoms with Gasteiger partial charge in [-0.3, -0.25) is 0 Å². The van der Waals surface area contributed by atoms with E-state index in [-0.39, 0.29) is 5.82 Å². The third kappa shape index (κ3) is 3.01. The summed E-state index contributed by atoms with van der Waals surface area (Å²) in [6.07, 6.45) is 0. The Morgan fingerprint density at radius 3 is 3.16 bits per heavy atom. The van der Waals surface area contributed by atoms with Gasteiger partial charge < -0.3 is 4.98 Å². The highest BCUT2D eigenvalue weighted by molar-refractivity contribution is 7.98. The standard InChI is InChI=1S/C13H11FN2S3/c14-8-2-1-3-9(4-8)19-7-12-15-11-6-18-5-10(11)13(17)16-12/h1-4H,5-7H2,(H,15,16,17). The maximum absolute atomic E-state index is 13.1.